The van der Waals surface area contributed by atoms with Gasteiger partial charge in [-0.3, -0.25) is 9.52 Å². The zero-order valence-corrected chi connectivity index (χ0v) is 19.6. The average Bonchev–Trinajstić information content (AvgIpc) is 2.74. The minimum absolute atomic E-state index is 0.0735. The van der Waals surface area contributed by atoms with Gasteiger partial charge in [-0.25, -0.2) is 13.2 Å². The van der Waals surface area contributed by atoms with Crippen LogP contribution in [-0.4, -0.2) is 62.0 Å². The van der Waals surface area contributed by atoms with E-state index in [1.807, 2.05) is 39.8 Å². The highest BCUT2D eigenvalue weighted by Gasteiger charge is 2.28. The van der Waals surface area contributed by atoms with Gasteiger partial charge in [-0.15, -0.1) is 0 Å². The molecule has 1 heterocycles. The van der Waals surface area contributed by atoms with E-state index in [0.29, 0.717) is 37.4 Å². The fourth-order valence-electron chi connectivity index (χ4n) is 3.21. The molecule has 0 unspecified atom stereocenters. The zero-order valence-electron chi connectivity index (χ0n) is 18.8. The van der Waals surface area contributed by atoms with Gasteiger partial charge in [-0.05, 0) is 64.1 Å². The van der Waals surface area contributed by atoms with Crippen LogP contribution in [0.3, 0.4) is 0 Å². The maximum Gasteiger partial charge on any atom is 0.410 e. The molecule has 0 aliphatic carbocycles. The second-order valence-electron chi connectivity index (χ2n) is 8.76. The van der Waals surface area contributed by atoms with E-state index in [1.54, 1.807) is 21.9 Å². The Hall–Kier alpha value is -3.07. The second-order valence-corrected chi connectivity index (χ2v) is 10.4. The average molecular weight is 460 g/mol. The highest BCUT2D eigenvalue weighted by Crippen LogP contribution is 2.19. The first-order chi connectivity index (χ1) is 14.9. The molecule has 8 nitrogen and oxygen atoms in total. The summed E-state index contributed by atoms with van der Waals surface area (Å²) in [5.41, 5.74) is 1.33. The number of carbonyl (C=O) groups excluding carboxylic acids is 2. The quantitative estimate of drug-likeness (QED) is 0.755. The molecule has 0 atom stereocenters. The largest absolute Gasteiger partial charge is 0.444 e. The Kier molecular flexibility index (Phi) is 6.78. The third-order valence-electron chi connectivity index (χ3n) is 4.93. The number of nitrogens with zero attached hydrogens (tertiary/aromatic N) is 2. The Morgan fingerprint density at radius 3 is 1.94 bits per heavy atom. The van der Waals surface area contributed by atoms with Crippen molar-refractivity contribution in [2.75, 3.05) is 30.9 Å². The van der Waals surface area contributed by atoms with Gasteiger partial charge in [-0.1, -0.05) is 17.7 Å². The molecule has 1 fully saturated rings. The van der Waals surface area contributed by atoms with E-state index in [0.717, 1.165) is 5.56 Å². The SMILES string of the molecule is Cc1ccc(NS(=O)(=O)c2ccc(C(=O)N3CCN(C(=O)OC(C)(C)C)CC3)cc2)cc1. The van der Waals surface area contributed by atoms with Crippen molar-refractivity contribution in [3.8, 4) is 0 Å². The Labute approximate surface area is 189 Å². The van der Waals surface area contributed by atoms with Gasteiger partial charge in [0, 0.05) is 37.4 Å². The summed E-state index contributed by atoms with van der Waals surface area (Å²) in [7, 11) is -3.76. The summed E-state index contributed by atoms with van der Waals surface area (Å²) >= 11 is 0. The van der Waals surface area contributed by atoms with Gasteiger partial charge >= 0.3 is 6.09 Å². The number of nitrogens with one attached hydrogen (secondary N) is 1. The highest BCUT2D eigenvalue weighted by molar-refractivity contribution is 7.92. The van der Waals surface area contributed by atoms with Crippen molar-refractivity contribution in [1.82, 2.24) is 9.80 Å². The summed E-state index contributed by atoms with van der Waals surface area (Å²) in [5, 5.41) is 0. The zero-order chi connectivity index (χ0) is 23.5. The molecular formula is C23H29N3O5S. The van der Waals surface area contributed by atoms with Crippen LogP contribution in [0, 0.1) is 6.92 Å². The lowest BCUT2D eigenvalue weighted by molar-refractivity contribution is 0.0141. The Bertz CT molecular complexity index is 1070. The lowest BCUT2D eigenvalue weighted by atomic mass is 10.2. The molecule has 0 bridgehead atoms. The summed E-state index contributed by atoms with van der Waals surface area (Å²) in [5.74, 6) is -0.204. The fourth-order valence-corrected chi connectivity index (χ4v) is 4.27. The van der Waals surface area contributed by atoms with Crippen molar-refractivity contribution >= 4 is 27.7 Å². The monoisotopic (exact) mass is 459 g/mol. The van der Waals surface area contributed by atoms with Crippen LogP contribution in [0.5, 0.6) is 0 Å². The van der Waals surface area contributed by atoms with Gasteiger partial charge in [0.25, 0.3) is 15.9 Å². The molecule has 2 amide bonds. The maximum atomic E-state index is 12.8. The van der Waals surface area contributed by atoms with Crippen molar-refractivity contribution in [2.24, 2.45) is 0 Å². The van der Waals surface area contributed by atoms with Crippen molar-refractivity contribution in [3.05, 3.63) is 59.7 Å². The lowest BCUT2D eigenvalue weighted by Gasteiger charge is -2.35. The number of anilines is 1. The van der Waals surface area contributed by atoms with E-state index < -0.39 is 15.6 Å². The summed E-state index contributed by atoms with van der Waals surface area (Å²) in [4.78, 5) is 28.3. The smallest absolute Gasteiger partial charge is 0.410 e. The van der Waals surface area contributed by atoms with Crippen LogP contribution >= 0.6 is 0 Å². The van der Waals surface area contributed by atoms with Crippen LogP contribution in [0.2, 0.25) is 0 Å². The first kappa shape index (κ1) is 23.6. The molecule has 1 N–H and O–H groups in total. The highest BCUT2D eigenvalue weighted by atomic mass is 32.2. The van der Waals surface area contributed by atoms with Crippen LogP contribution in [0.15, 0.2) is 53.4 Å². The molecule has 2 aromatic rings. The molecule has 0 radical (unpaired) electrons. The Morgan fingerprint density at radius 1 is 0.875 bits per heavy atom. The van der Waals surface area contributed by atoms with Crippen molar-refractivity contribution < 1.29 is 22.7 Å². The van der Waals surface area contributed by atoms with Gasteiger partial charge in [0.2, 0.25) is 0 Å². The number of amides is 2. The normalized spacial score (nSPS) is 14.8. The molecular weight excluding hydrogens is 430 g/mol. The number of ether oxygens (including phenoxy) is 1. The van der Waals surface area contributed by atoms with Gasteiger partial charge in [0.15, 0.2) is 0 Å². The van der Waals surface area contributed by atoms with Gasteiger partial charge < -0.3 is 14.5 Å². The minimum atomic E-state index is -3.76. The van der Waals surface area contributed by atoms with Crippen molar-refractivity contribution in [1.29, 1.82) is 0 Å². The number of piperazine rings is 1. The van der Waals surface area contributed by atoms with E-state index in [-0.39, 0.29) is 16.9 Å². The molecule has 172 valence electrons. The molecule has 1 aliphatic heterocycles. The van der Waals surface area contributed by atoms with E-state index in [2.05, 4.69) is 4.72 Å². The maximum absolute atomic E-state index is 12.8. The summed E-state index contributed by atoms with van der Waals surface area (Å²) in [6, 6.07) is 12.9. The number of benzene rings is 2. The number of rotatable bonds is 4. The standard InChI is InChI=1S/C23H29N3O5S/c1-17-5-9-19(10-6-17)24-32(29,30)20-11-7-18(8-12-20)21(27)25-13-15-26(16-14-25)22(28)31-23(2,3)4/h5-12,24H,13-16H2,1-4H3. The Morgan fingerprint density at radius 2 is 1.41 bits per heavy atom. The lowest BCUT2D eigenvalue weighted by Crippen LogP contribution is -2.51. The number of carbonyl (C=O) groups is 2. The summed E-state index contributed by atoms with van der Waals surface area (Å²) in [6.07, 6.45) is -0.389. The van der Waals surface area contributed by atoms with Crippen LogP contribution in [-0.2, 0) is 14.8 Å². The van der Waals surface area contributed by atoms with Crippen LogP contribution < -0.4 is 4.72 Å². The van der Waals surface area contributed by atoms with Gasteiger partial charge in [0.1, 0.15) is 5.60 Å². The van der Waals surface area contributed by atoms with Crippen LogP contribution in [0.1, 0.15) is 36.7 Å². The first-order valence-corrected chi connectivity index (χ1v) is 11.9. The van der Waals surface area contributed by atoms with E-state index >= 15 is 0 Å². The fraction of sp³-hybridized carbons (Fsp3) is 0.391. The van der Waals surface area contributed by atoms with E-state index in [9.17, 15) is 18.0 Å². The molecule has 2 aromatic carbocycles. The van der Waals surface area contributed by atoms with Crippen molar-refractivity contribution in [2.45, 2.75) is 38.2 Å². The molecule has 9 heteroatoms. The van der Waals surface area contributed by atoms with Crippen LogP contribution in [0.25, 0.3) is 0 Å². The number of hydrogen-bond donors (Lipinski definition) is 1. The number of aryl methyl sites for hydroxylation is 1. The second kappa shape index (κ2) is 9.20. The van der Waals surface area contributed by atoms with Crippen molar-refractivity contribution in [3.63, 3.8) is 0 Å². The Balaban J connectivity index is 1.60. The predicted molar refractivity (Wildman–Crippen MR) is 122 cm³/mol. The molecule has 0 saturated carbocycles. The van der Waals surface area contributed by atoms with Gasteiger partial charge in [0.05, 0.1) is 4.90 Å². The minimum Gasteiger partial charge on any atom is -0.444 e. The third-order valence-corrected chi connectivity index (χ3v) is 6.33. The third kappa shape index (κ3) is 6.00. The summed E-state index contributed by atoms with van der Waals surface area (Å²) < 4.78 is 33.1. The first-order valence-electron chi connectivity index (χ1n) is 10.4. The molecule has 0 aromatic heterocycles. The molecule has 1 saturated heterocycles. The van der Waals surface area contributed by atoms with Crippen LogP contribution in [0.4, 0.5) is 10.5 Å². The summed E-state index contributed by atoms with van der Waals surface area (Å²) in [6.45, 7) is 8.88. The topological polar surface area (TPSA) is 96.0 Å². The van der Waals surface area contributed by atoms with E-state index in [4.69, 9.17) is 4.74 Å². The van der Waals surface area contributed by atoms with Gasteiger partial charge in [-0.2, -0.15) is 0 Å². The molecule has 0 spiro atoms. The number of sulfonamides is 1. The molecule has 1 aliphatic rings. The molecule has 3 rings (SSSR count). The predicted octanol–water partition coefficient (Wildman–Crippen LogP) is 3.49. The number of hydrogen-bond acceptors (Lipinski definition) is 5. The molecule has 32 heavy (non-hydrogen) atoms. The van der Waals surface area contributed by atoms with E-state index in [1.165, 1.54) is 24.3 Å².